The largest absolute Gasteiger partial charge is 0.405 e. The minimum Gasteiger partial charge on any atom is -0.405 e. The van der Waals surface area contributed by atoms with Crippen LogP contribution in [0.25, 0.3) is 0 Å². The summed E-state index contributed by atoms with van der Waals surface area (Å²) in [6.45, 7) is 9.19. The van der Waals surface area contributed by atoms with Crippen LogP contribution in [0.15, 0.2) is 163 Å². The van der Waals surface area contributed by atoms with E-state index >= 15 is 0 Å². The van der Waals surface area contributed by atoms with Gasteiger partial charge in [-0.25, -0.2) is 0 Å². The summed E-state index contributed by atoms with van der Waals surface area (Å²) in [5.74, 6) is -0.0701. The number of benzene rings is 5. The lowest BCUT2D eigenvalue weighted by Crippen LogP contribution is -2.67. The van der Waals surface area contributed by atoms with Crippen molar-refractivity contribution in [2.24, 2.45) is 0 Å². The van der Waals surface area contributed by atoms with Gasteiger partial charge in [0.2, 0.25) is 0 Å². The number of likely N-dealkylation sites (N-methyl/N-ethyl adjacent to an activating group) is 1. The van der Waals surface area contributed by atoms with Crippen molar-refractivity contribution in [3.05, 3.63) is 180 Å². The molecule has 54 heavy (non-hydrogen) atoms. The Labute approximate surface area is 323 Å². The summed E-state index contributed by atoms with van der Waals surface area (Å²) in [6, 6.07) is 52.8. The van der Waals surface area contributed by atoms with Crippen LogP contribution in [0.2, 0.25) is 5.04 Å². The number of carbonyl (C=O) groups is 1. The molecule has 0 fully saturated rings. The summed E-state index contributed by atoms with van der Waals surface area (Å²) in [7, 11) is 0.609. The van der Waals surface area contributed by atoms with Crippen LogP contribution in [0, 0.1) is 0 Å². The van der Waals surface area contributed by atoms with E-state index in [1.807, 2.05) is 18.2 Å². The second-order valence-electron chi connectivity index (χ2n) is 15.6. The molecule has 1 amide bonds. The Kier molecular flexibility index (Phi) is 12.5. The first-order valence-electron chi connectivity index (χ1n) is 19.2. The topological polar surface area (TPSA) is 48.0 Å². The zero-order valence-corrected chi connectivity index (χ0v) is 33.7. The Morgan fingerprint density at radius 1 is 0.704 bits per heavy atom. The predicted octanol–water partition coefficient (Wildman–Crippen LogP) is 8.91. The molecule has 1 heterocycles. The van der Waals surface area contributed by atoms with Gasteiger partial charge in [-0.1, -0.05) is 184 Å². The maximum Gasteiger partial charge on any atom is 0.261 e. The van der Waals surface area contributed by atoms with Crippen LogP contribution < -0.4 is 10.4 Å². The number of ether oxygens (including phenoxy) is 2. The Morgan fingerprint density at radius 3 is 1.54 bits per heavy atom. The average Bonchev–Trinajstić information content (AvgIpc) is 3.26. The van der Waals surface area contributed by atoms with Crippen molar-refractivity contribution >= 4 is 24.6 Å². The molecule has 6 heteroatoms. The van der Waals surface area contributed by atoms with Crippen LogP contribution in [0.5, 0.6) is 0 Å². The zero-order valence-electron chi connectivity index (χ0n) is 32.7. The predicted molar refractivity (Wildman–Crippen MR) is 223 cm³/mol. The third-order valence-electron chi connectivity index (χ3n) is 10.7. The molecule has 5 aromatic rings. The Morgan fingerprint density at radius 2 is 1.13 bits per heavy atom. The Hall–Kier alpha value is -4.59. The van der Waals surface area contributed by atoms with Crippen molar-refractivity contribution in [3.8, 4) is 0 Å². The molecule has 0 unspecified atom stereocenters. The first-order valence-corrected chi connectivity index (χ1v) is 21.1. The molecule has 0 aliphatic carbocycles. The molecule has 1 aliphatic rings. The molecule has 5 aromatic carbocycles. The first kappa shape index (κ1) is 39.1. The summed E-state index contributed by atoms with van der Waals surface area (Å²) >= 11 is 0. The molecule has 5 nitrogen and oxygen atoms in total. The van der Waals surface area contributed by atoms with Gasteiger partial charge in [-0.15, -0.1) is 0 Å². The highest BCUT2D eigenvalue weighted by atomic mass is 28.4. The van der Waals surface area contributed by atoms with Crippen molar-refractivity contribution in [1.29, 1.82) is 0 Å². The van der Waals surface area contributed by atoms with Gasteiger partial charge >= 0.3 is 0 Å². The Balaban J connectivity index is 1.54. The molecular formula is C48H55NO4Si. The summed E-state index contributed by atoms with van der Waals surface area (Å²) in [4.78, 5) is 15.6. The van der Waals surface area contributed by atoms with Gasteiger partial charge in [-0.2, -0.15) is 0 Å². The van der Waals surface area contributed by atoms with Gasteiger partial charge in [0.25, 0.3) is 14.2 Å². The summed E-state index contributed by atoms with van der Waals surface area (Å²) in [5.41, 5.74) is 3.19. The molecule has 0 radical (unpaired) electrons. The highest BCUT2D eigenvalue weighted by Gasteiger charge is 2.51. The molecule has 0 bridgehead atoms. The van der Waals surface area contributed by atoms with Crippen LogP contribution >= 0.6 is 0 Å². The molecule has 1 aliphatic heterocycles. The van der Waals surface area contributed by atoms with Gasteiger partial charge in [0, 0.05) is 20.5 Å². The molecule has 6 rings (SSSR count). The van der Waals surface area contributed by atoms with Crippen LogP contribution in [0.1, 0.15) is 63.6 Å². The summed E-state index contributed by atoms with van der Waals surface area (Å²) < 4.78 is 22.5. The molecule has 0 saturated carbocycles. The van der Waals surface area contributed by atoms with E-state index in [9.17, 15) is 4.79 Å². The molecule has 0 spiro atoms. The van der Waals surface area contributed by atoms with Gasteiger partial charge < -0.3 is 18.8 Å². The maximum absolute atomic E-state index is 13.9. The van der Waals surface area contributed by atoms with E-state index in [0.717, 1.165) is 28.7 Å². The first-order chi connectivity index (χ1) is 26.1. The molecule has 0 aromatic heterocycles. The third-order valence-corrected chi connectivity index (χ3v) is 15.7. The fraction of sp³-hybridized carbons (Fsp3) is 0.312. The number of allylic oxidation sites excluding steroid dienone is 1. The second kappa shape index (κ2) is 17.3. The molecule has 280 valence electrons. The number of nitrogens with zero attached hydrogens (tertiary/aromatic N) is 1. The number of amides is 1. The lowest BCUT2D eigenvalue weighted by Gasteiger charge is -2.45. The number of hydrogen-bond acceptors (Lipinski definition) is 4. The van der Waals surface area contributed by atoms with Crippen LogP contribution in [0.3, 0.4) is 0 Å². The standard InChI is InChI=1S/C48H55NO4Si/c1-37-23-22-34-43(53-48(38-24-12-7-13-25-38,39-26-14-8-15-27-39)40-28-16-9-17-29-40)45(52-44(35-37)46(50)49(5)6)36-51-54(47(2,3)4,41-30-18-10-19-31-41)42-32-20-11-21-33-42/h7-21,23-33,43-45H,22,34-36H2,1-6H3/b37-23+/t43-,44-,45-/m1/s1. The normalized spacial score (nSPS) is 19.4. The van der Waals surface area contributed by atoms with E-state index in [0.29, 0.717) is 12.8 Å². The van der Waals surface area contributed by atoms with Crippen molar-refractivity contribution in [2.45, 2.75) is 75.9 Å². The summed E-state index contributed by atoms with van der Waals surface area (Å²) in [5, 5.41) is 2.13. The van der Waals surface area contributed by atoms with E-state index in [4.69, 9.17) is 13.9 Å². The summed E-state index contributed by atoms with van der Waals surface area (Å²) in [6.07, 6.45) is 2.43. The van der Waals surface area contributed by atoms with Gasteiger partial charge in [0.1, 0.15) is 17.8 Å². The minimum atomic E-state index is -2.98. The van der Waals surface area contributed by atoms with Crippen molar-refractivity contribution in [3.63, 3.8) is 0 Å². The highest BCUT2D eigenvalue weighted by Crippen LogP contribution is 2.44. The van der Waals surface area contributed by atoms with Gasteiger partial charge in [0.15, 0.2) is 0 Å². The number of carbonyl (C=O) groups excluding carboxylic acids is 1. The second-order valence-corrected chi connectivity index (χ2v) is 19.9. The van der Waals surface area contributed by atoms with Crippen molar-refractivity contribution in [1.82, 2.24) is 4.90 Å². The number of rotatable bonds is 11. The molecule has 0 N–H and O–H groups in total. The van der Waals surface area contributed by atoms with E-state index in [-0.39, 0.29) is 17.6 Å². The van der Waals surface area contributed by atoms with Crippen molar-refractivity contribution < 1.29 is 18.7 Å². The third kappa shape index (κ3) is 8.23. The lowest BCUT2D eigenvalue weighted by atomic mass is 9.79. The zero-order chi connectivity index (χ0) is 38.2. The minimum absolute atomic E-state index is 0.0701. The Bertz CT molecular complexity index is 1810. The number of hydrogen-bond donors (Lipinski definition) is 0. The molecule has 3 atom stereocenters. The van der Waals surface area contributed by atoms with E-state index in [1.54, 1.807) is 19.0 Å². The smallest absolute Gasteiger partial charge is 0.261 e. The van der Waals surface area contributed by atoms with E-state index in [2.05, 4.69) is 167 Å². The average molecular weight is 738 g/mol. The van der Waals surface area contributed by atoms with Crippen LogP contribution in [0.4, 0.5) is 0 Å². The van der Waals surface area contributed by atoms with E-state index < -0.39 is 32.2 Å². The maximum atomic E-state index is 13.9. The SMILES string of the molecule is C/C1=C\CC[C@@H](OC(c2ccccc2)(c2ccccc2)c2ccccc2)[C@@H](CO[Si](c2ccccc2)(c2ccccc2)C(C)(C)C)O[C@@H](C(=O)N(C)C)C1. The highest BCUT2D eigenvalue weighted by molar-refractivity contribution is 6.99. The fourth-order valence-electron chi connectivity index (χ4n) is 8.04. The quantitative estimate of drug-likeness (QED) is 0.0772. The molecule has 0 saturated heterocycles. The van der Waals surface area contributed by atoms with Gasteiger partial charge in [-0.05, 0) is 51.9 Å². The van der Waals surface area contributed by atoms with E-state index in [1.165, 1.54) is 10.4 Å². The fourth-order valence-corrected chi connectivity index (χ4v) is 12.6. The monoisotopic (exact) mass is 737 g/mol. The molecular weight excluding hydrogens is 683 g/mol. The van der Waals surface area contributed by atoms with Gasteiger partial charge in [0.05, 0.1) is 12.7 Å². The van der Waals surface area contributed by atoms with Crippen LogP contribution in [-0.4, -0.2) is 58.1 Å². The van der Waals surface area contributed by atoms with Crippen LogP contribution in [-0.2, 0) is 24.3 Å². The lowest BCUT2D eigenvalue weighted by molar-refractivity contribution is -0.168. The van der Waals surface area contributed by atoms with Gasteiger partial charge in [-0.3, -0.25) is 4.79 Å². The van der Waals surface area contributed by atoms with Crippen molar-refractivity contribution in [2.75, 3.05) is 20.7 Å².